The minimum Gasteiger partial charge on any atom is -0.469 e. The van der Waals surface area contributed by atoms with Crippen LogP contribution in [0.3, 0.4) is 0 Å². The molecule has 0 saturated heterocycles. The lowest BCUT2D eigenvalue weighted by atomic mass is 10.0. The molecule has 2 aromatic rings. The minimum absolute atomic E-state index is 0.0887. The Morgan fingerprint density at radius 2 is 1.79 bits per heavy atom. The van der Waals surface area contributed by atoms with Gasteiger partial charge >= 0.3 is 5.97 Å². The largest absolute Gasteiger partial charge is 0.469 e. The van der Waals surface area contributed by atoms with Crippen molar-refractivity contribution < 1.29 is 27.3 Å². The second kappa shape index (κ2) is 9.19. The molecule has 1 unspecified atom stereocenters. The van der Waals surface area contributed by atoms with E-state index in [2.05, 4.69) is 15.2 Å². The Balaban J connectivity index is 2.17. The zero-order chi connectivity index (χ0) is 21.8. The van der Waals surface area contributed by atoms with Crippen LogP contribution >= 0.6 is 0 Å². The maximum atomic E-state index is 12.7. The molecular formula is C19H25N3O6S. The van der Waals surface area contributed by atoms with Gasteiger partial charge in [-0.1, -0.05) is 35.0 Å². The molecule has 2 atom stereocenters. The summed E-state index contributed by atoms with van der Waals surface area (Å²) in [4.78, 5) is 24.3. The highest BCUT2D eigenvalue weighted by molar-refractivity contribution is 7.89. The number of benzene rings is 1. The van der Waals surface area contributed by atoms with Gasteiger partial charge in [-0.25, -0.2) is 8.42 Å². The van der Waals surface area contributed by atoms with Gasteiger partial charge in [0, 0.05) is 0 Å². The smallest absolute Gasteiger partial charge is 0.307 e. The van der Waals surface area contributed by atoms with Gasteiger partial charge in [-0.05, 0) is 33.3 Å². The van der Waals surface area contributed by atoms with Crippen LogP contribution < -0.4 is 10.0 Å². The molecule has 1 amide bonds. The molecule has 9 nitrogen and oxygen atoms in total. The van der Waals surface area contributed by atoms with E-state index < -0.39 is 34.0 Å². The number of sulfonamides is 1. The topological polar surface area (TPSA) is 128 Å². The van der Waals surface area contributed by atoms with Crippen LogP contribution in [0.5, 0.6) is 0 Å². The number of nitrogens with one attached hydrogen (secondary N) is 2. The van der Waals surface area contributed by atoms with Gasteiger partial charge in [0.1, 0.15) is 10.6 Å². The highest BCUT2D eigenvalue weighted by atomic mass is 32.2. The highest BCUT2D eigenvalue weighted by Crippen LogP contribution is 2.20. The van der Waals surface area contributed by atoms with Gasteiger partial charge in [0.15, 0.2) is 5.76 Å². The first-order valence-corrected chi connectivity index (χ1v) is 10.4. The Hall–Kier alpha value is -2.72. The minimum atomic E-state index is -4.02. The van der Waals surface area contributed by atoms with Crippen molar-refractivity contribution in [3.8, 4) is 0 Å². The summed E-state index contributed by atoms with van der Waals surface area (Å²) in [5.41, 5.74) is 1.93. The molecule has 1 heterocycles. The molecule has 0 fully saturated rings. The fourth-order valence-corrected chi connectivity index (χ4v) is 4.33. The maximum Gasteiger partial charge on any atom is 0.307 e. The molecule has 0 radical (unpaired) electrons. The average Bonchev–Trinajstić information content (AvgIpc) is 3.00. The van der Waals surface area contributed by atoms with E-state index in [-0.39, 0.29) is 22.8 Å². The van der Waals surface area contributed by atoms with Gasteiger partial charge in [-0.15, -0.1) is 0 Å². The lowest BCUT2D eigenvalue weighted by molar-refractivity contribution is -0.141. The summed E-state index contributed by atoms with van der Waals surface area (Å²) in [5, 5.41) is 6.33. The molecule has 0 aliphatic carbocycles. The van der Waals surface area contributed by atoms with Crippen LogP contribution in [-0.2, 0) is 24.3 Å². The van der Waals surface area contributed by atoms with Crippen LogP contribution in [0, 0.1) is 20.8 Å². The number of esters is 1. The molecule has 2 rings (SSSR count). The number of carbonyl (C=O) groups is 2. The van der Waals surface area contributed by atoms with Crippen LogP contribution in [0.25, 0.3) is 0 Å². The second-order valence-electron chi connectivity index (χ2n) is 6.75. The Labute approximate surface area is 169 Å². The Bertz CT molecular complexity index is 962. The molecule has 1 aromatic carbocycles. The number of methoxy groups -OCH3 is 1. The van der Waals surface area contributed by atoms with Crippen molar-refractivity contribution in [1.82, 2.24) is 15.2 Å². The summed E-state index contributed by atoms with van der Waals surface area (Å²) >= 11 is 0. The number of aromatic nitrogens is 1. The third-order valence-corrected chi connectivity index (χ3v) is 6.14. The molecule has 0 spiro atoms. The van der Waals surface area contributed by atoms with Gasteiger partial charge < -0.3 is 14.6 Å². The van der Waals surface area contributed by atoms with Gasteiger partial charge in [0.2, 0.25) is 15.9 Å². The molecule has 0 saturated carbocycles. The van der Waals surface area contributed by atoms with Gasteiger partial charge in [0.25, 0.3) is 0 Å². The van der Waals surface area contributed by atoms with Crippen LogP contribution in [0.1, 0.15) is 42.0 Å². The van der Waals surface area contributed by atoms with Gasteiger partial charge in [0.05, 0.1) is 25.6 Å². The van der Waals surface area contributed by atoms with Crippen LogP contribution in [0.2, 0.25) is 0 Å². The summed E-state index contributed by atoms with van der Waals surface area (Å²) in [5.74, 6) is -0.958. The predicted molar refractivity (Wildman–Crippen MR) is 104 cm³/mol. The third-order valence-electron chi connectivity index (χ3n) is 4.36. The van der Waals surface area contributed by atoms with Crippen molar-refractivity contribution in [2.75, 3.05) is 7.11 Å². The number of aryl methyl sites for hydroxylation is 3. The SMILES string of the molecule is COC(=O)CC(NC(=O)[C@H](C)NS(=O)(=O)c1c(C)noc1C)c1ccc(C)cc1. The summed E-state index contributed by atoms with van der Waals surface area (Å²) in [6, 6.07) is 5.54. The number of hydrogen-bond donors (Lipinski definition) is 2. The molecule has 0 aliphatic rings. The normalized spacial score (nSPS) is 13.6. The van der Waals surface area contributed by atoms with Crippen molar-refractivity contribution in [2.24, 2.45) is 0 Å². The van der Waals surface area contributed by atoms with E-state index >= 15 is 0 Å². The Morgan fingerprint density at radius 1 is 1.17 bits per heavy atom. The van der Waals surface area contributed by atoms with Crippen LogP contribution in [0.15, 0.2) is 33.7 Å². The van der Waals surface area contributed by atoms with Crippen LogP contribution in [0.4, 0.5) is 0 Å². The number of rotatable bonds is 8. The Kier molecular flexibility index (Phi) is 7.15. The van der Waals surface area contributed by atoms with Crippen molar-refractivity contribution in [3.05, 3.63) is 46.8 Å². The van der Waals surface area contributed by atoms with Crippen LogP contribution in [-0.4, -0.2) is 38.6 Å². The molecule has 0 aliphatic heterocycles. The molecule has 1 aromatic heterocycles. The van der Waals surface area contributed by atoms with E-state index in [0.717, 1.165) is 5.56 Å². The predicted octanol–water partition coefficient (Wildman–Crippen LogP) is 1.69. The van der Waals surface area contributed by atoms with E-state index in [0.29, 0.717) is 5.56 Å². The number of carbonyl (C=O) groups excluding carboxylic acids is 2. The zero-order valence-electron chi connectivity index (χ0n) is 17.0. The number of hydrogen-bond acceptors (Lipinski definition) is 7. The molecule has 158 valence electrons. The fraction of sp³-hybridized carbons (Fsp3) is 0.421. The molecule has 0 bridgehead atoms. The molecule has 2 N–H and O–H groups in total. The van der Waals surface area contributed by atoms with Crippen molar-refractivity contribution >= 4 is 21.9 Å². The number of nitrogens with zero attached hydrogens (tertiary/aromatic N) is 1. The molecular weight excluding hydrogens is 398 g/mol. The standard InChI is InChI=1S/C19H25N3O6S/c1-11-6-8-15(9-7-11)16(10-17(23)27-5)20-19(24)13(3)22-29(25,26)18-12(2)21-28-14(18)4/h6-9,13,16,22H,10H2,1-5H3,(H,20,24)/t13-,16?/m0/s1. The zero-order valence-corrected chi connectivity index (χ0v) is 17.8. The summed E-state index contributed by atoms with van der Waals surface area (Å²) < 4.78 is 37.1. The monoisotopic (exact) mass is 423 g/mol. The lowest BCUT2D eigenvalue weighted by Gasteiger charge is -2.21. The van der Waals surface area contributed by atoms with Crippen molar-refractivity contribution in [1.29, 1.82) is 0 Å². The number of amides is 1. The molecule has 29 heavy (non-hydrogen) atoms. The third kappa shape index (κ3) is 5.64. The van der Waals surface area contributed by atoms with Gasteiger partial charge in [-0.3, -0.25) is 9.59 Å². The lowest BCUT2D eigenvalue weighted by Crippen LogP contribution is -2.46. The maximum absolute atomic E-state index is 12.7. The van der Waals surface area contributed by atoms with Crippen molar-refractivity contribution in [2.45, 2.75) is 51.1 Å². The average molecular weight is 423 g/mol. The Morgan fingerprint density at radius 3 is 2.31 bits per heavy atom. The van der Waals surface area contributed by atoms with E-state index in [1.54, 1.807) is 12.1 Å². The van der Waals surface area contributed by atoms with E-state index in [1.807, 2.05) is 19.1 Å². The van der Waals surface area contributed by atoms with Gasteiger partial charge in [-0.2, -0.15) is 4.72 Å². The first-order chi connectivity index (χ1) is 13.5. The van der Waals surface area contributed by atoms with E-state index in [1.165, 1.54) is 27.9 Å². The fourth-order valence-electron chi connectivity index (χ4n) is 2.80. The highest BCUT2D eigenvalue weighted by Gasteiger charge is 2.29. The number of ether oxygens (including phenoxy) is 1. The first-order valence-electron chi connectivity index (χ1n) is 8.94. The molecule has 10 heteroatoms. The van der Waals surface area contributed by atoms with E-state index in [4.69, 9.17) is 9.26 Å². The second-order valence-corrected chi connectivity index (χ2v) is 8.40. The van der Waals surface area contributed by atoms with E-state index in [9.17, 15) is 18.0 Å². The first kappa shape index (κ1) is 22.6. The quantitative estimate of drug-likeness (QED) is 0.618. The van der Waals surface area contributed by atoms with Crippen molar-refractivity contribution in [3.63, 3.8) is 0 Å². The summed E-state index contributed by atoms with van der Waals surface area (Å²) in [6.07, 6.45) is -0.0887. The summed E-state index contributed by atoms with van der Waals surface area (Å²) in [6.45, 7) is 6.31. The summed E-state index contributed by atoms with van der Waals surface area (Å²) in [7, 11) is -2.75.